The van der Waals surface area contributed by atoms with E-state index in [1.54, 1.807) is 0 Å². The van der Waals surface area contributed by atoms with Gasteiger partial charge in [0, 0.05) is 31.7 Å². The van der Waals surface area contributed by atoms with Crippen molar-refractivity contribution in [1.29, 1.82) is 0 Å². The summed E-state index contributed by atoms with van der Waals surface area (Å²) in [6.45, 7) is 7.80. The van der Waals surface area contributed by atoms with Crippen molar-refractivity contribution in [2.45, 2.75) is 19.4 Å². The number of alkyl halides is 1. The molecule has 1 saturated heterocycles. The van der Waals surface area contributed by atoms with Crippen molar-refractivity contribution in [1.82, 2.24) is 9.80 Å². The summed E-state index contributed by atoms with van der Waals surface area (Å²) in [7, 11) is 2.12. The molecule has 3 heteroatoms. The first-order valence-electron chi connectivity index (χ1n) is 4.56. The van der Waals surface area contributed by atoms with Crippen LogP contribution in [-0.4, -0.2) is 55.2 Å². The van der Waals surface area contributed by atoms with Gasteiger partial charge in [0.1, 0.15) is 6.67 Å². The molecular formula is C9H19FN2. The third kappa shape index (κ3) is 2.17. The van der Waals surface area contributed by atoms with Crippen LogP contribution in [0.2, 0.25) is 0 Å². The third-order valence-electron chi connectivity index (χ3n) is 2.62. The Kier molecular flexibility index (Phi) is 3.07. The standard InChI is InChI=1S/C9H19FN2/c1-9(2)8-11(3)6-7-12(9)5-4-10/h4-8H2,1-3H3. The lowest BCUT2D eigenvalue weighted by molar-refractivity contribution is 0.0277. The van der Waals surface area contributed by atoms with E-state index >= 15 is 0 Å². The van der Waals surface area contributed by atoms with Crippen LogP contribution in [0.1, 0.15) is 13.8 Å². The normalized spacial score (nSPS) is 26.0. The van der Waals surface area contributed by atoms with Crippen LogP contribution in [0.5, 0.6) is 0 Å². The Labute approximate surface area is 74.3 Å². The van der Waals surface area contributed by atoms with Crippen LogP contribution in [0.15, 0.2) is 0 Å². The molecule has 0 spiro atoms. The van der Waals surface area contributed by atoms with E-state index in [2.05, 4.69) is 30.7 Å². The van der Waals surface area contributed by atoms with Crippen molar-refractivity contribution in [2.24, 2.45) is 0 Å². The number of nitrogens with zero attached hydrogens (tertiary/aromatic N) is 2. The summed E-state index contributed by atoms with van der Waals surface area (Å²) in [6, 6.07) is 0. The molecule has 0 unspecified atom stereocenters. The number of rotatable bonds is 2. The fourth-order valence-corrected chi connectivity index (χ4v) is 1.95. The highest BCUT2D eigenvalue weighted by atomic mass is 19.1. The van der Waals surface area contributed by atoms with E-state index in [1.807, 2.05) is 0 Å². The maximum absolute atomic E-state index is 12.2. The summed E-state index contributed by atoms with van der Waals surface area (Å²) < 4.78 is 12.2. The van der Waals surface area contributed by atoms with Crippen molar-refractivity contribution in [2.75, 3.05) is 39.9 Å². The van der Waals surface area contributed by atoms with Gasteiger partial charge in [-0.1, -0.05) is 0 Å². The minimum atomic E-state index is -0.229. The number of likely N-dealkylation sites (N-methyl/N-ethyl adjacent to an activating group) is 1. The molecule has 1 fully saturated rings. The van der Waals surface area contributed by atoms with Gasteiger partial charge in [0.15, 0.2) is 0 Å². The second kappa shape index (κ2) is 3.71. The van der Waals surface area contributed by atoms with E-state index in [-0.39, 0.29) is 12.2 Å². The molecule has 2 nitrogen and oxygen atoms in total. The van der Waals surface area contributed by atoms with Crippen LogP contribution in [-0.2, 0) is 0 Å². The predicted molar refractivity (Wildman–Crippen MR) is 49.1 cm³/mol. The first-order valence-corrected chi connectivity index (χ1v) is 4.56. The first-order chi connectivity index (χ1) is 5.56. The molecule has 0 amide bonds. The molecule has 0 atom stereocenters. The topological polar surface area (TPSA) is 6.48 Å². The molecule has 0 saturated carbocycles. The lowest BCUT2D eigenvalue weighted by Crippen LogP contribution is -2.58. The average molecular weight is 174 g/mol. The maximum atomic E-state index is 12.2. The fourth-order valence-electron chi connectivity index (χ4n) is 1.95. The van der Waals surface area contributed by atoms with Crippen LogP contribution in [0.25, 0.3) is 0 Å². The molecule has 0 aliphatic carbocycles. The Balaban J connectivity index is 2.51. The van der Waals surface area contributed by atoms with Crippen molar-refractivity contribution in [3.8, 4) is 0 Å². The fraction of sp³-hybridized carbons (Fsp3) is 1.00. The van der Waals surface area contributed by atoms with Crippen molar-refractivity contribution < 1.29 is 4.39 Å². The van der Waals surface area contributed by atoms with Gasteiger partial charge >= 0.3 is 0 Å². The van der Waals surface area contributed by atoms with Gasteiger partial charge in [-0.3, -0.25) is 4.90 Å². The molecule has 0 aromatic rings. The van der Waals surface area contributed by atoms with E-state index in [0.717, 1.165) is 19.6 Å². The lowest BCUT2D eigenvalue weighted by Gasteiger charge is -2.45. The molecule has 0 N–H and O–H groups in total. The Morgan fingerprint density at radius 2 is 2.00 bits per heavy atom. The smallest absolute Gasteiger partial charge is 0.102 e. The van der Waals surface area contributed by atoms with Gasteiger partial charge in [0.2, 0.25) is 0 Å². The first kappa shape index (κ1) is 9.93. The summed E-state index contributed by atoms with van der Waals surface area (Å²) >= 11 is 0. The Bertz CT molecular complexity index is 147. The summed E-state index contributed by atoms with van der Waals surface area (Å²) in [5.41, 5.74) is 0.138. The Morgan fingerprint density at radius 3 is 2.50 bits per heavy atom. The number of hydrogen-bond acceptors (Lipinski definition) is 2. The van der Waals surface area contributed by atoms with Gasteiger partial charge in [0.25, 0.3) is 0 Å². The van der Waals surface area contributed by atoms with Gasteiger partial charge in [0.05, 0.1) is 0 Å². The molecule has 1 rings (SSSR count). The van der Waals surface area contributed by atoms with Crippen LogP contribution in [0.4, 0.5) is 4.39 Å². The number of hydrogen-bond donors (Lipinski definition) is 0. The SMILES string of the molecule is CN1CCN(CCF)C(C)(C)C1. The van der Waals surface area contributed by atoms with Crippen molar-refractivity contribution >= 4 is 0 Å². The maximum Gasteiger partial charge on any atom is 0.102 e. The van der Waals surface area contributed by atoms with Gasteiger partial charge in [-0.15, -0.1) is 0 Å². The van der Waals surface area contributed by atoms with Gasteiger partial charge in [-0.2, -0.15) is 0 Å². The zero-order chi connectivity index (χ0) is 9.19. The second-order valence-corrected chi connectivity index (χ2v) is 4.23. The lowest BCUT2D eigenvalue weighted by atomic mass is 9.99. The summed E-state index contributed by atoms with van der Waals surface area (Å²) in [6.07, 6.45) is 0. The molecule has 12 heavy (non-hydrogen) atoms. The molecule has 0 aromatic heterocycles. The molecule has 0 aromatic carbocycles. The quantitative estimate of drug-likeness (QED) is 0.616. The molecule has 1 aliphatic rings. The third-order valence-corrected chi connectivity index (χ3v) is 2.62. The highest BCUT2D eigenvalue weighted by molar-refractivity contribution is 4.88. The number of halogens is 1. The van der Waals surface area contributed by atoms with E-state index < -0.39 is 0 Å². The molecular weight excluding hydrogens is 155 g/mol. The molecule has 0 bridgehead atoms. The minimum absolute atomic E-state index is 0.138. The van der Waals surface area contributed by atoms with Gasteiger partial charge < -0.3 is 4.90 Å². The van der Waals surface area contributed by atoms with E-state index in [0.29, 0.717) is 6.54 Å². The highest BCUT2D eigenvalue weighted by Crippen LogP contribution is 2.19. The Morgan fingerprint density at radius 1 is 1.33 bits per heavy atom. The molecule has 0 radical (unpaired) electrons. The molecule has 72 valence electrons. The zero-order valence-corrected chi connectivity index (χ0v) is 8.31. The zero-order valence-electron chi connectivity index (χ0n) is 8.31. The largest absolute Gasteiger partial charge is 0.303 e. The van der Waals surface area contributed by atoms with Gasteiger partial charge in [-0.05, 0) is 20.9 Å². The average Bonchev–Trinajstić information content (AvgIpc) is 1.94. The summed E-state index contributed by atoms with van der Waals surface area (Å²) in [5.74, 6) is 0. The minimum Gasteiger partial charge on any atom is -0.303 e. The van der Waals surface area contributed by atoms with Crippen molar-refractivity contribution in [3.63, 3.8) is 0 Å². The van der Waals surface area contributed by atoms with Crippen LogP contribution in [0, 0.1) is 0 Å². The van der Waals surface area contributed by atoms with Crippen LogP contribution < -0.4 is 0 Å². The van der Waals surface area contributed by atoms with Gasteiger partial charge in [-0.25, -0.2) is 4.39 Å². The van der Waals surface area contributed by atoms with Crippen LogP contribution >= 0.6 is 0 Å². The molecule has 1 heterocycles. The predicted octanol–water partition coefficient (Wildman–Crippen LogP) is 0.982. The number of piperazine rings is 1. The van der Waals surface area contributed by atoms with Crippen molar-refractivity contribution in [3.05, 3.63) is 0 Å². The monoisotopic (exact) mass is 174 g/mol. The van der Waals surface area contributed by atoms with Crippen LogP contribution in [0.3, 0.4) is 0 Å². The van der Waals surface area contributed by atoms with E-state index in [9.17, 15) is 4.39 Å². The van der Waals surface area contributed by atoms with E-state index in [1.165, 1.54) is 0 Å². The highest BCUT2D eigenvalue weighted by Gasteiger charge is 2.31. The summed E-state index contributed by atoms with van der Waals surface area (Å²) in [5, 5.41) is 0. The van der Waals surface area contributed by atoms with E-state index in [4.69, 9.17) is 0 Å². The summed E-state index contributed by atoms with van der Waals surface area (Å²) in [4.78, 5) is 4.53. The molecule has 1 aliphatic heterocycles. The Hall–Kier alpha value is -0.150. The second-order valence-electron chi connectivity index (χ2n) is 4.23.